The van der Waals surface area contributed by atoms with Gasteiger partial charge in [0.05, 0.1) is 6.07 Å². The molecule has 3 fully saturated rings. The highest BCUT2D eigenvalue weighted by atomic mass is 16.1. The van der Waals surface area contributed by atoms with Gasteiger partial charge in [-0.1, -0.05) is 19.1 Å². The first-order valence-electron chi connectivity index (χ1n) is 14.3. The molecule has 2 aliphatic carbocycles. The maximum atomic E-state index is 13.5. The quantitative estimate of drug-likeness (QED) is 0.447. The molecular formula is C31H37N7O. The smallest absolute Gasteiger partial charge is 0.274 e. The van der Waals surface area contributed by atoms with Crippen molar-refractivity contribution in [2.24, 2.45) is 18.9 Å². The Hall–Kier alpha value is -3.57. The van der Waals surface area contributed by atoms with Crippen LogP contribution in [0.15, 0.2) is 42.7 Å². The van der Waals surface area contributed by atoms with E-state index in [9.17, 15) is 10.1 Å². The molecule has 202 valence electrons. The van der Waals surface area contributed by atoms with Crippen molar-refractivity contribution in [1.82, 2.24) is 24.6 Å². The van der Waals surface area contributed by atoms with Gasteiger partial charge in [0.15, 0.2) is 0 Å². The number of aromatic nitrogens is 4. The second-order valence-corrected chi connectivity index (χ2v) is 12.1. The monoisotopic (exact) mass is 523 g/mol. The van der Waals surface area contributed by atoms with Crippen LogP contribution in [0.5, 0.6) is 0 Å². The van der Waals surface area contributed by atoms with Crippen LogP contribution < -0.4 is 5.32 Å². The van der Waals surface area contributed by atoms with Gasteiger partial charge in [-0.05, 0) is 86.4 Å². The number of rotatable bonds is 8. The Kier molecular flexibility index (Phi) is 6.94. The van der Waals surface area contributed by atoms with Crippen LogP contribution >= 0.6 is 0 Å². The average Bonchev–Trinajstić information content (AvgIpc) is 3.68. The number of piperidine rings is 1. The Morgan fingerprint density at radius 1 is 1.21 bits per heavy atom. The van der Waals surface area contributed by atoms with Gasteiger partial charge in [0.25, 0.3) is 5.91 Å². The SMILES string of the molecule is CC1CCCN(Cc2cc(C(=O)Nc3cccc(C4(Cc5nncn5C)CC(C#N)C4)c3)nc(C3CC3)c2)C1. The Balaban J connectivity index is 1.22. The third-order valence-corrected chi connectivity index (χ3v) is 8.77. The number of amides is 1. The van der Waals surface area contributed by atoms with Gasteiger partial charge >= 0.3 is 0 Å². The van der Waals surface area contributed by atoms with Crippen molar-refractivity contribution in [3.8, 4) is 6.07 Å². The van der Waals surface area contributed by atoms with E-state index >= 15 is 0 Å². The molecule has 3 heterocycles. The maximum absolute atomic E-state index is 13.5. The summed E-state index contributed by atoms with van der Waals surface area (Å²) < 4.78 is 1.94. The highest BCUT2D eigenvalue weighted by Gasteiger charge is 2.46. The van der Waals surface area contributed by atoms with Crippen molar-refractivity contribution in [1.29, 1.82) is 5.26 Å². The summed E-state index contributed by atoms with van der Waals surface area (Å²) in [5.41, 5.74) is 4.40. The van der Waals surface area contributed by atoms with Crippen molar-refractivity contribution < 1.29 is 4.79 Å². The lowest BCUT2D eigenvalue weighted by molar-refractivity contribution is 0.102. The first-order valence-corrected chi connectivity index (χ1v) is 14.3. The number of anilines is 1. The van der Waals surface area contributed by atoms with E-state index in [1.54, 1.807) is 6.33 Å². The summed E-state index contributed by atoms with van der Waals surface area (Å²) in [5, 5.41) is 21.0. The number of likely N-dealkylation sites (tertiary alicyclic amines) is 1. The largest absolute Gasteiger partial charge is 0.321 e. The molecule has 1 atom stereocenters. The summed E-state index contributed by atoms with van der Waals surface area (Å²) in [6.45, 7) is 5.41. The molecule has 0 radical (unpaired) electrons. The molecule has 8 heteroatoms. The first-order chi connectivity index (χ1) is 18.9. The summed E-state index contributed by atoms with van der Waals surface area (Å²) in [4.78, 5) is 20.8. The van der Waals surface area contributed by atoms with Crippen molar-refractivity contribution in [2.75, 3.05) is 18.4 Å². The zero-order chi connectivity index (χ0) is 27.0. The molecule has 1 saturated heterocycles. The van der Waals surface area contributed by atoms with Crippen LogP contribution in [-0.4, -0.2) is 43.6 Å². The van der Waals surface area contributed by atoms with E-state index in [4.69, 9.17) is 4.98 Å². The minimum atomic E-state index is -0.190. The second kappa shape index (κ2) is 10.5. The first kappa shape index (κ1) is 25.7. The van der Waals surface area contributed by atoms with Crippen molar-refractivity contribution >= 4 is 11.6 Å². The number of aryl methyl sites for hydroxylation is 1. The summed E-state index contributed by atoms with van der Waals surface area (Å²) in [6, 6.07) is 14.7. The van der Waals surface area contributed by atoms with E-state index in [0.717, 1.165) is 74.0 Å². The van der Waals surface area contributed by atoms with E-state index in [1.165, 1.54) is 18.4 Å². The van der Waals surface area contributed by atoms with Gasteiger partial charge < -0.3 is 9.88 Å². The molecule has 1 N–H and O–H groups in total. The number of nitrogens with zero attached hydrogens (tertiary/aromatic N) is 6. The fraction of sp³-hybridized carbons (Fsp3) is 0.516. The van der Waals surface area contributed by atoms with Crippen LogP contribution in [0.2, 0.25) is 0 Å². The van der Waals surface area contributed by atoms with Crippen LogP contribution in [0.25, 0.3) is 0 Å². The molecule has 1 aromatic carbocycles. The Morgan fingerprint density at radius 2 is 2.05 bits per heavy atom. The molecule has 39 heavy (non-hydrogen) atoms. The molecule has 6 rings (SSSR count). The highest BCUT2D eigenvalue weighted by Crippen LogP contribution is 2.50. The van der Waals surface area contributed by atoms with Crippen molar-refractivity contribution in [3.05, 3.63) is 71.1 Å². The predicted octanol–water partition coefficient (Wildman–Crippen LogP) is 4.99. The summed E-state index contributed by atoms with van der Waals surface area (Å²) in [7, 11) is 1.95. The summed E-state index contributed by atoms with van der Waals surface area (Å²) >= 11 is 0. The third-order valence-electron chi connectivity index (χ3n) is 8.77. The molecule has 1 aliphatic heterocycles. The van der Waals surface area contributed by atoms with Crippen molar-refractivity contribution in [3.63, 3.8) is 0 Å². The zero-order valence-electron chi connectivity index (χ0n) is 22.9. The van der Waals surface area contributed by atoms with Crippen LogP contribution in [0.4, 0.5) is 5.69 Å². The van der Waals surface area contributed by atoms with Gasteiger partial charge in [0.1, 0.15) is 17.8 Å². The van der Waals surface area contributed by atoms with E-state index in [0.29, 0.717) is 18.0 Å². The third kappa shape index (κ3) is 5.60. The number of benzene rings is 1. The Bertz CT molecular complexity index is 1400. The van der Waals surface area contributed by atoms with Gasteiger partial charge in [0.2, 0.25) is 0 Å². The molecule has 3 aliphatic rings. The lowest BCUT2D eigenvalue weighted by atomic mass is 9.57. The van der Waals surface area contributed by atoms with Crippen LogP contribution in [-0.2, 0) is 25.4 Å². The number of carbonyl (C=O) groups is 1. The summed E-state index contributed by atoms with van der Waals surface area (Å²) in [5.74, 6) is 1.96. The topological polar surface area (TPSA) is 99.7 Å². The zero-order valence-corrected chi connectivity index (χ0v) is 22.9. The number of pyridine rings is 1. The van der Waals surface area contributed by atoms with Gasteiger partial charge in [-0.2, -0.15) is 5.26 Å². The molecular weight excluding hydrogens is 486 g/mol. The fourth-order valence-corrected chi connectivity index (χ4v) is 6.44. The average molecular weight is 524 g/mol. The summed E-state index contributed by atoms with van der Waals surface area (Å²) in [6.07, 6.45) is 8.80. The van der Waals surface area contributed by atoms with Gasteiger partial charge in [-0.25, -0.2) is 4.98 Å². The van der Waals surface area contributed by atoms with Gasteiger partial charge in [0, 0.05) is 55.2 Å². The van der Waals surface area contributed by atoms with Crippen LogP contribution in [0.3, 0.4) is 0 Å². The second-order valence-electron chi connectivity index (χ2n) is 12.1. The van der Waals surface area contributed by atoms with Gasteiger partial charge in [-0.3, -0.25) is 9.69 Å². The molecule has 0 spiro atoms. The lowest BCUT2D eigenvalue weighted by Gasteiger charge is -2.45. The standard InChI is InChI=1S/C31H37N7O/c1-21-5-4-10-38(18-21)19-22-11-27(24-8-9-24)35-28(12-22)30(39)34-26-7-3-6-25(13-26)31(14-23(15-31)17-32)16-29-36-33-20-37(29)2/h3,6-7,11-13,20-21,23-24H,4-5,8-10,14-16,18-19H2,1-2H3,(H,34,39). The molecule has 8 nitrogen and oxygen atoms in total. The van der Waals surface area contributed by atoms with Gasteiger partial charge in [-0.15, -0.1) is 10.2 Å². The molecule has 2 aromatic heterocycles. The van der Waals surface area contributed by atoms with E-state index in [-0.39, 0.29) is 17.2 Å². The maximum Gasteiger partial charge on any atom is 0.274 e. The predicted molar refractivity (Wildman–Crippen MR) is 149 cm³/mol. The molecule has 0 bridgehead atoms. The molecule has 2 saturated carbocycles. The number of nitriles is 1. The Labute approximate surface area is 230 Å². The van der Waals surface area contributed by atoms with E-state index in [2.05, 4.69) is 51.6 Å². The molecule has 1 amide bonds. The van der Waals surface area contributed by atoms with E-state index < -0.39 is 0 Å². The highest BCUT2D eigenvalue weighted by molar-refractivity contribution is 6.03. The minimum absolute atomic E-state index is 0.0344. The lowest BCUT2D eigenvalue weighted by Crippen LogP contribution is -2.43. The molecule has 3 aromatic rings. The number of hydrogen-bond donors (Lipinski definition) is 1. The minimum Gasteiger partial charge on any atom is -0.321 e. The van der Waals surface area contributed by atoms with E-state index in [1.807, 2.05) is 29.8 Å². The fourth-order valence-electron chi connectivity index (χ4n) is 6.44. The van der Waals surface area contributed by atoms with Crippen LogP contribution in [0, 0.1) is 23.2 Å². The van der Waals surface area contributed by atoms with Crippen LogP contribution in [0.1, 0.15) is 84.5 Å². The number of nitrogens with one attached hydrogen (secondary N) is 1. The van der Waals surface area contributed by atoms with Crippen molar-refractivity contribution in [2.45, 2.75) is 69.7 Å². The number of carbonyl (C=O) groups excluding carboxylic acids is 1. The normalized spacial score (nSPS) is 25.1. The molecule has 1 unspecified atom stereocenters. The Morgan fingerprint density at radius 3 is 2.77 bits per heavy atom. The number of hydrogen-bond acceptors (Lipinski definition) is 6.